The Kier molecular flexibility index (Phi) is 8.49. The van der Waals surface area contributed by atoms with Gasteiger partial charge in [-0.3, -0.25) is 9.59 Å². The van der Waals surface area contributed by atoms with Crippen LogP contribution in [-0.4, -0.2) is 61.3 Å². The maximum absolute atomic E-state index is 14.4. The SMILES string of the molecule is CCOP(OCC)N1CCC2(CC1)C(=O)c1c(sc(-c3ncco3)c1C)N(CCc1ccccc1OC)C2=O. The fourth-order valence-electron chi connectivity index (χ4n) is 5.43. The van der Waals surface area contributed by atoms with Crippen molar-refractivity contribution in [2.45, 2.75) is 40.0 Å². The summed E-state index contributed by atoms with van der Waals surface area (Å²) in [5.41, 5.74) is 1.31. The number of para-hydroxylation sites is 1. The van der Waals surface area contributed by atoms with Crippen molar-refractivity contribution >= 4 is 36.6 Å². The molecule has 39 heavy (non-hydrogen) atoms. The van der Waals surface area contributed by atoms with Crippen LogP contribution >= 0.6 is 19.9 Å². The van der Waals surface area contributed by atoms with Crippen LogP contribution in [0.2, 0.25) is 0 Å². The number of amides is 1. The number of fused-ring (bicyclic) bond motifs is 1. The molecule has 1 saturated heterocycles. The highest BCUT2D eigenvalue weighted by molar-refractivity contribution is 7.44. The van der Waals surface area contributed by atoms with Crippen LogP contribution in [0.15, 0.2) is 41.1 Å². The van der Waals surface area contributed by atoms with Crippen LogP contribution < -0.4 is 9.64 Å². The average Bonchev–Trinajstić information content (AvgIpc) is 3.60. The van der Waals surface area contributed by atoms with Crippen molar-refractivity contribution in [1.29, 1.82) is 0 Å². The van der Waals surface area contributed by atoms with Gasteiger partial charge in [-0.25, -0.2) is 9.65 Å². The Morgan fingerprint density at radius 2 is 1.85 bits per heavy atom. The van der Waals surface area contributed by atoms with Crippen LogP contribution in [0.1, 0.15) is 48.2 Å². The number of oxazole rings is 1. The van der Waals surface area contributed by atoms with Crippen LogP contribution in [0.3, 0.4) is 0 Å². The summed E-state index contributed by atoms with van der Waals surface area (Å²) >= 11 is 1.40. The molecule has 5 rings (SSSR count). The molecule has 1 spiro atoms. The Hall–Kier alpha value is -2.62. The number of hydrogen-bond donors (Lipinski definition) is 0. The van der Waals surface area contributed by atoms with Gasteiger partial charge in [0.2, 0.25) is 11.8 Å². The molecule has 2 aromatic heterocycles. The predicted molar refractivity (Wildman–Crippen MR) is 151 cm³/mol. The number of aromatic nitrogens is 1. The lowest BCUT2D eigenvalue weighted by atomic mass is 9.69. The summed E-state index contributed by atoms with van der Waals surface area (Å²) in [5, 5.41) is 0.671. The molecule has 1 fully saturated rings. The number of carbonyl (C=O) groups excluding carboxylic acids is 2. The minimum Gasteiger partial charge on any atom is -0.496 e. The fourth-order valence-corrected chi connectivity index (χ4v) is 8.07. The van der Waals surface area contributed by atoms with Gasteiger partial charge in [0, 0.05) is 19.6 Å². The van der Waals surface area contributed by atoms with Crippen molar-refractivity contribution < 1.29 is 27.8 Å². The van der Waals surface area contributed by atoms with Gasteiger partial charge in [0.1, 0.15) is 22.4 Å². The van der Waals surface area contributed by atoms with E-state index in [4.69, 9.17) is 18.2 Å². The molecule has 3 aromatic rings. The number of benzene rings is 1. The number of methoxy groups -OCH3 is 1. The molecule has 2 aliphatic rings. The first-order valence-corrected chi connectivity index (χ1v) is 15.2. The number of carbonyl (C=O) groups is 2. The molecule has 9 nitrogen and oxygen atoms in total. The van der Waals surface area contributed by atoms with E-state index in [1.165, 1.54) is 17.6 Å². The lowest BCUT2D eigenvalue weighted by Gasteiger charge is -2.45. The van der Waals surface area contributed by atoms with Crippen molar-refractivity contribution in [3.05, 3.63) is 53.4 Å². The number of anilines is 1. The van der Waals surface area contributed by atoms with E-state index in [1.54, 1.807) is 13.3 Å². The Balaban J connectivity index is 1.50. The van der Waals surface area contributed by atoms with E-state index in [0.717, 1.165) is 21.8 Å². The van der Waals surface area contributed by atoms with Crippen molar-refractivity contribution in [3.8, 4) is 16.5 Å². The topological polar surface area (TPSA) is 94.3 Å². The van der Waals surface area contributed by atoms with E-state index in [0.29, 0.717) is 68.6 Å². The summed E-state index contributed by atoms with van der Waals surface area (Å²) in [4.78, 5) is 35.5. The average molecular weight is 572 g/mol. The van der Waals surface area contributed by atoms with E-state index in [9.17, 15) is 9.59 Å². The van der Waals surface area contributed by atoms with Gasteiger partial charge in [0.15, 0.2) is 5.78 Å². The highest BCUT2D eigenvalue weighted by Gasteiger charge is 2.56. The number of ketones is 1. The highest BCUT2D eigenvalue weighted by Crippen LogP contribution is 2.53. The molecule has 0 atom stereocenters. The largest absolute Gasteiger partial charge is 0.496 e. The third-order valence-corrected chi connectivity index (χ3v) is 10.5. The summed E-state index contributed by atoms with van der Waals surface area (Å²) in [6.45, 7) is 8.43. The van der Waals surface area contributed by atoms with Gasteiger partial charge in [0.05, 0.1) is 37.0 Å². The highest BCUT2D eigenvalue weighted by atomic mass is 32.1. The Morgan fingerprint density at radius 3 is 2.49 bits per heavy atom. The third kappa shape index (κ3) is 5.05. The number of rotatable bonds is 10. The van der Waals surface area contributed by atoms with E-state index < -0.39 is 13.9 Å². The summed E-state index contributed by atoms with van der Waals surface area (Å²) < 4.78 is 25.0. The molecular weight excluding hydrogens is 537 g/mol. The second kappa shape index (κ2) is 11.9. The molecule has 2 aliphatic heterocycles. The van der Waals surface area contributed by atoms with Crippen LogP contribution in [0.4, 0.5) is 5.00 Å². The third-order valence-electron chi connectivity index (χ3n) is 7.42. The smallest absolute Gasteiger partial charge is 0.258 e. The lowest BCUT2D eigenvalue weighted by Crippen LogP contribution is -2.57. The minimum absolute atomic E-state index is 0.0978. The van der Waals surface area contributed by atoms with Crippen molar-refractivity contribution in [1.82, 2.24) is 9.65 Å². The molecule has 208 valence electrons. The number of Topliss-reactive ketones (excluding diaryl/α,β-unsaturated/α-hetero) is 1. The summed E-state index contributed by atoms with van der Waals surface area (Å²) in [6, 6.07) is 7.82. The van der Waals surface area contributed by atoms with Crippen molar-refractivity contribution in [2.75, 3.05) is 44.9 Å². The van der Waals surface area contributed by atoms with E-state index in [-0.39, 0.29) is 11.7 Å². The van der Waals surface area contributed by atoms with Gasteiger partial charge in [0.25, 0.3) is 8.53 Å². The fraction of sp³-hybridized carbons (Fsp3) is 0.464. The van der Waals surface area contributed by atoms with Gasteiger partial charge in [-0.2, -0.15) is 0 Å². The predicted octanol–water partition coefficient (Wildman–Crippen LogP) is 5.87. The molecule has 0 aliphatic carbocycles. The Bertz CT molecular complexity index is 1310. The normalized spacial score (nSPS) is 17.3. The van der Waals surface area contributed by atoms with E-state index in [2.05, 4.69) is 9.65 Å². The van der Waals surface area contributed by atoms with Crippen LogP contribution in [0.25, 0.3) is 10.8 Å². The molecule has 0 saturated carbocycles. The number of thiophene rings is 1. The molecule has 0 unspecified atom stereocenters. The molecule has 0 radical (unpaired) electrons. The molecule has 1 amide bonds. The summed E-state index contributed by atoms with van der Waals surface area (Å²) in [6.07, 6.45) is 4.53. The zero-order chi connectivity index (χ0) is 27.6. The molecule has 11 heteroatoms. The molecule has 0 bridgehead atoms. The van der Waals surface area contributed by atoms with Gasteiger partial charge in [-0.05, 0) is 57.2 Å². The number of hydrogen-bond acceptors (Lipinski definition) is 9. The Labute approximate surface area is 234 Å². The summed E-state index contributed by atoms with van der Waals surface area (Å²) in [5.74, 6) is 1.01. The first-order valence-electron chi connectivity index (χ1n) is 13.3. The molecular formula is C28H34N3O6PS. The first-order chi connectivity index (χ1) is 18.9. The lowest BCUT2D eigenvalue weighted by molar-refractivity contribution is -0.128. The van der Waals surface area contributed by atoms with Crippen LogP contribution in [-0.2, 0) is 20.3 Å². The number of ether oxygens (including phenoxy) is 1. The van der Waals surface area contributed by atoms with E-state index in [1.807, 2.05) is 49.9 Å². The molecule has 1 aromatic carbocycles. The first kappa shape index (κ1) is 27.9. The van der Waals surface area contributed by atoms with Gasteiger partial charge in [-0.15, -0.1) is 11.3 Å². The maximum Gasteiger partial charge on any atom is 0.258 e. The van der Waals surface area contributed by atoms with Gasteiger partial charge in [-0.1, -0.05) is 18.2 Å². The summed E-state index contributed by atoms with van der Waals surface area (Å²) in [7, 11) is 0.434. The van der Waals surface area contributed by atoms with Crippen LogP contribution in [0.5, 0.6) is 5.75 Å². The van der Waals surface area contributed by atoms with Gasteiger partial charge < -0.3 is 23.1 Å². The standard InChI is InChI=1S/C28H34N3O6PS/c1-5-36-38(37-6-2)30-16-12-28(13-17-30)24(32)22-19(3)23(25-29-14-18-35-25)39-26(22)31(27(28)33)15-11-20-9-7-8-10-21(20)34-4/h7-10,14,18H,5-6,11-13,15-17H2,1-4H3. The quantitative estimate of drug-likeness (QED) is 0.220. The van der Waals surface area contributed by atoms with E-state index >= 15 is 0 Å². The van der Waals surface area contributed by atoms with Crippen LogP contribution in [0, 0.1) is 12.3 Å². The van der Waals surface area contributed by atoms with Crippen molar-refractivity contribution in [3.63, 3.8) is 0 Å². The Morgan fingerprint density at radius 1 is 1.13 bits per heavy atom. The van der Waals surface area contributed by atoms with Crippen molar-refractivity contribution in [2.24, 2.45) is 5.41 Å². The monoisotopic (exact) mass is 571 g/mol. The maximum atomic E-state index is 14.4. The second-order valence-electron chi connectivity index (χ2n) is 9.53. The number of piperidine rings is 1. The zero-order valence-electron chi connectivity index (χ0n) is 22.8. The number of nitrogens with zero attached hydrogens (tertiary/aromatic N) is 3. The molecule has 0 N–H and O–H groups in total. The zero-order valence-corrected chi connectivity index (χ0v) is 24.5. The molecule has 4 heterocycles. The van der Waals surface area contributed by atoms with Gasteiger partial charge >= 0.3 is 0 Å². The minimum atomic E-state index is -1.21. The second-order valence-corrected chi connectivity index (χ2v) is 12.1.